The van der Waals surface area contributed by atoms with Gasteiger partial charge in [0.1, 0.15) is 11.9 Å². The van der Waals surface area contributed by atoms with Crippen LogP contribution in [0.5, 0.6) is 0 Å². The summed E-state index contributed by atoms with van der Waals surface area (Å²) in [5.74, 6) is -2.27. The average Bonchev–Trinajstić information content (AvgIpc) is 2.82. The lowest BCUT2D eigenvalue weighted by molar-refractivity contribution is -0.192. The minimum Gasteiger partial charge on any atom is -0.475 e. The summed E-state index contributed by atoms with van der Waals surface area (Å²) in [5.41, 5.74) is -0.154. The smallest absolute Gasteiger partial charge is 0.475 e. The summed E-state index contributed by atoms with van der Waals surface area (Å²) in [7, 11) is 1.66. The van der Waals surface area contributed by atoms with Crippen LogP contribution in [0, 0.1) is 11.3 Å². The second kappa shape index (κ2) is 11.8. The number of hydrogen-bond acceptors (Lipinski definition) is 7. The van der Waals surface area contributed by atoms with E-state index in [1.165, 1.54) is 6.07 Å². The van der Waals surface area contributed by atoms with E-state index in [1.807, 2.05) is 11.0 Å². The molecule has 2 heterocycles. The molecular weight excluding hydrogens is 484 g/mol. The molecule has 0 bridgehead atoms. The number of aromatic nitrogens is 2. The molecule has 3 rings (SSSR count). The zero-order valence-electron chi connectivity index (χ0n) is 18.4. The number of carboxylic acids is 1. The Labute approximate surface area is 196 Å². The fourth-order valence-corrected chi connectivity index (χ4v) is 3.07. The third-order valence-corrected chi connectivity index (χ3v) is 4.85. The molecule has 0 unspecified atom stereocenters. The van der Waals surface area contributed by atoms with E-state index >= 15 is 0 Å². The van der Waals surface area contributed by atoms with E-state index in [2.05, 4.69) is 14.9 Å². The molecule has 0 saturated carbocycles. The summed E-state index contributed by atoms with van der Waals surface area (Å²) >= 11 is 0. The van der Waals surface area contributed by atoms with Crippen molar-refractivity contribution in [2.24, 2.45) is 0 Å². The monoisotopic (exact) mass is 505 g/mol. The number of aliphatic carboxylic acids is 1. The lowest BCUT2D eigenvalue weighted by Gasteiger charge is -2.35. The van der Waals surface area contributed by atoms with Crippen LogP contribution < -0.4 is 4.90 Å². The second-order valence-corrected chi connectivity index (χ2v) is 7.25. The van der Waals surface area contributed by atoms with E-state index in [0.29, 0.717) is 36.8 Å². The van der Waals surface area contributed by atoms with Crippen molar-refractivity contribution in [1.29, 1.82) is 5.26 Å². The molecule has 1 aliphatic heterocycles. The Balaban J connectivity index is 0.000000540. The van der Waals surface area contributed by atoms with Gasteiger partial charge in [0.05, 0.1) is 17.9 Å². The number of halogens is 6. The number of alkyl halides is 6. The van der Waals surface area contributed by atoms with Gasteiger partial charge in [0.25, 0.3) is 0 Å². The van der Waals surface area contributed by atoms with Crippen LogP contribution in [0.4, 0.5) is 32.2 Å². The van der Waals surface area contributed by atoms with Gasteiger partial charge >= 0.3 is 18.3 Å². The molecule has 8 nitrogen and oxygen atoms in total. The van der Waals surface area contributed by atoms with Gasteiger partial charge in [0.2, 0.25) is 5.82 Å². The highest BCUT2D eigenvalue weighted by molar-refractivity contribution is 5.73. The van der Waals surface area contributed by atoms with Crippen LogP contribution in [0.15, 0.2) is 30.3 Å². The van der Waals surface area contributed by atoms with Gasteiger partial charge in [-0.3, -0.25) is 4.90 Å². The number of piperazine rings is 1. The van der Waals surface area contributed by atoms with Crippen molar-refractivity contribution in [2.45, 2.75) is 12.4 Å². The lowest BCUT2D eigenvalue weighted by atomic mass is 10.1. The first-order chi connectivity index (χ1) is 16.3. The van der Waals surface area contributed by atoms with Crippen molar-refractivity contribution in [3.8, 4) is 17.3 Å². The number of hydrogen-bond donors (Lipinski definition) is 1. The quantitative estimate of drug-likeness (QED) is 0.617. The molecule has 35 heavy (non-hydrogen) atoms. The number of anilines is 1. The molecular formula is C21H21F6N5O3. The van der Waals surface area contributed by atoms with E-state index in [-0.39, 0.29) is 5.82 Å². The predicted octanol–water partition coefficient (Wildman–Crippen LogP) is 3.44. The molecule has 190 valence electrons. The van der Waals surface area contributed by atoms with Crippen molar-refractivity contribution >= 4 is 11.8 Å². The van der Waals surface area contributed by atoms with Crippen LogP contribution in [0.1, 0.15) is 11.4 Å². The van der Waals surface area contributed by atoms with Crippen molar-refractivity contribution < 1.29 is 41.0 Å². The summed E-state index contributed by atoms with van der Waals surface area (Å²) in [5, 5.41) is 16.4. The van der Waals surface area contributed by atoms with Crippen molar-refractivity contribution in [2.75, 3.05) is 51.3 Å². The molecule has 0 spiro atoms. The number of carboxylic acid groups (broad SMARTS) is 1. The Morgan fingerprint density at radius 2 is 1.74 bits per heavy atom. The van der Waals surface area contributed by atoms with Gasteiger partial charge in [-0.2, -0.15) is 31.6 Å². The molecule has 0 atom stereocenters. The number of carbonyl (C=O) groups is 1. The summed E-state index contributed by atoms with van der Waals surface area (Å²) < 4.78 is 75.9. The van der Waals surface area contributed by atoms with E-state index in [0.717, 1.165) is 31.8 Å². The minimum atomic E-state index is -5.08. The Morgan fingerprint density at radius 1 is 1.11 bits per heavy atom. The van der Waals surface area contributed by atoms with Gasteiger partial charge in [-0.05, 0) is 12.1 Å². The van der Waals surface area contributed by atoms with Crippen LogP contribution >= 0.6 is 0 Å². The number of methoxy groups -OCH3 is 1. The SMILES string of the molecule is COCCN1CCN(c2cc(-c3cccc(C(F)(F)F)c3)nc(C#N)n2)CC1.O=C(O)C(F)(F)F. The zero-order valence-corrected chi connectivity index (χ0v) is 18.4. The number of ether oxygens (including phenoxy) is 1. The minimum absolute atomic E-state index is 0.0632. The summed E-state index contributed by atoms with van der Waals surface area (Å²) in [6.07, 6.45) is -9.53. The van der Waals surface area contributed by atoms with Gasteiger partial charge in [-0.1, -0.05) is 12.1 Å². The van der Waals surface area contributed by atoms with Crippen molar-refractivity contribution in [3.05, 3.63) is 41.7 Å². The third kappa shape index (κ3) is 8.37. The highest BCUT2D eigenvalue weighted by Gasteiger charge is 2.38. The van der Waals surface area contributed by atoms with Crippen LogP contribution in [0.3, 0.4) is 0 Å². The van der Waals surface area contributed by atoms with Crippen molar-refractivity contribution in [1.82, 2.24) is 14.9 Å². The molecule has 0 amide bonds. The maximum absolute atomic E-state index is 13.0. The Hall–Kier alpha value is -3.44. The highest BCUT2D eigenvalue weighted by Crippen LogP contribution is 2.32. The van der Waals surface area contributed by atoms with E-state index < -0.39 is 23.9 Å². The molecule has 1 fully saturated rings. The molecule has 0 aliphatic carbocycles. The molecule has 2 aromatic rings. The first kappa shape index (κ1) is 27.8. The summed E-state index contributed by atoms with van der Waals surface area (Å²) in [6.45, 7) is 4.53. The lowest BCUT2D eigenvalue weighted by Crippen LogP contribution is -2.47. The first-order valence-corrected chi connectivity index (χ1v) is 10.1. The fraction of sp³-hybridized carbons (Fsp3) is 0.429. The van der Waals surface area contributed by atoms with Gasteiger partial charge in [0.15, 0.2) is 0 Å². The molecule has 1 saturated heterocycles. The summed E-state index contributed by atoms with van der Waals surface area (Å²) in [6, 6.07) is 8.47. The van der Waals surface area contributed by atoms with Crippen LogP contribution in [0.2, 0.25) is 0 Å². The fourth-order valence-electron chi connectivity index (χ4n) is 3.07. The standard InChI is InChI=1S/C19H20F3N5O.C2HF3O2/c1-28-10-9-26-5-7-27(8-6-26)18-12-16(24-17(13-23)25-18)14-3-2-4-15(11-14)19(20,21)22;3-2(4,5)1(6)7/h2-4,11-12H,5-10H2,1H3;(H,6,7). The van der Waals surface area contributed by atoms with Gasteiger partial charge in [-0.25, -0.2) is 14.8 Å². The van der Waals surface area contributed by atoms with Gasteiger partial charge in [0, 0.05) is 51.5 Å². The topological polar surface area (TPSA) is 103 Å². The van der Waals surface area contributed by atoms with Crippen LogP contribution in [0.25, 0.3) is 11.3 Å². The molecule has 1 N–H and O–H groups in total. The Bertz CT molecular complexity index is 1050. The largest absolute Gasteiger partial charge is 0.490 e. The predicted molar refractivity (Wildman–Crippen MR) is 111 cm³/mol. The number of nitrogens with zero attached hydrogens (tertiary/aromatic N) is 5. The van der Waals surface area contributed by atoms with Crippen molar-refractivity contribution in [3.63, 3.8) is 0 Å². The highest BCUT2D eigenvalue weighted by atomic mass is 19.4. The zero-order chi connectivity index (χ0) is 26.2. The van der Waals surface area contributed by atoms with E-state index in [1.54, 1.807) is 19.2 Å². The molecule has 1 aromatic carbocycles. The molecule has 14 heteroatoms. The third-order valence-electron chi connectivity index (χ3n) is 4.85. The average molecular weight is 505 g/mol. The Kier molecular flexibility index (Phi) is 9.38. The number of rotatable bonds is 5. The van der Waals surface area contributed by atoms with Gasteiger partial charge in [-0.15, -0.1) is 0 Å². The summed E-state index contributed by atoms with van der Waals surface area (Å²) in [4.78, 5) is 21.5. The van der Waals surface area contributed by atoms with E-state index in [4.69, 9.17) is 14.6 Å². The van der Waals surface area contributed by atoms with Crippen LogP contribution in [-0.4, -0.2) is 78.6 Å². The van der Waals surface area contributed by atoms with Gasteiger partial charge < -0.3 is 14.7 Å². The maximum atomic E-state index is 13.0. The number of nitriles is 1. The Morgan fingerprint density at radius 3 is 2.26 bits per heavy atom. The second-order valence-electron chi connectivity index (χ2n) is 7.25. The molecule has 1 aromatic heterocycles. The van der Waals surface area contributed by atoms with Crippen LogP contribution in [-0.2, 0) is 15.7 Å². The molecule has 0 radical (unpaired) electrons. The molecule has 1 aliphatic rings. The normalized spacial score (nSPS) is 14.6. The number of benzene rings is 1. The first-order valence-electron chi connectivity index (χ1n) is 10.1. The maximum Gasteiger partial charge on any atom is 0.490 e. The van der Waals surface area contributed by atoms with E-state index in [9.17, 15) is 31.6 Å².